The second-order valence-electron chi connectivity index (χ2n) is 6.74. The number of hydrogen-bond donors (Lipinski definition) is 0. The van der Waals surface area contributed by atoms with Crippen molar-refractivity contribution < 1.29 is 9.59 Å². The molecule has 2 heteroatoms. The zero-order valence-electron chi connectivity index (χ0n) is 13.2. The molecule has 0 N–H and O–H groups in total. The van der Waals surface area contributed by atoms with Gasteiger partial charge in [0.2, 0.25) is 0 Å². The van der Waals surface area contributed by atoms with E-state index in [-0.39, 0.29) is 23.4 Å². The lowest BCUT2D eigenvalue weighted by Gasteiger charge is -2.21. The molecule has 1 aromatic carbocycles. The van der Waals surface area contributed by atoms with Gasteiger partial charge in [-0.25, -0.2) is 0 Å². The van der Waals surface area contributed by atoms with E-state index in [9.17, 15) is 9.59 Å². The number of carbonyl (C=O) groups is 2. The van der Waals surface area contributed by atoms with Gasteiger partial charge in [-0.1, -0.05) is 37.5 Å². The van der Waals surface area contributed by atoms with Crippen LogP contribution in [-0.2, 0) is 16.0 Å². The Balaban J connectivity index is 2.08. The van der Waals surface area contributed by atoms with Crippen molar-refractivity contribution in [2.75, 3.05) is 0 Å². The minimum atomic E-state index is -0.478. The van der Waals surface area contributed by atoms with E-state index in [4.69, 9.17) is 0 Å². The first-order valence-corrected chi connectivity index (χ1v) is 8.22. The van der Waals surface area contributed by atoms with E-state index >= 15 is 0 Å². The van der Waals surface area contributed by atoms with Crippen LogP contribution < -0.4 is 0 Å². The van der Waals surface area contributed by atoms with E-state index in [0.29, 0.717) is 0 Å². The van der Waals surface area contributed by atoms with Gasteiger partial charge in [0.1, 0.15) is 5.92 Å². The van der Waals surface area contributed by atoms with Crippen molar-refractivity contribution in [2.24, 2.45) is 11.8 Å². The van der Waals surface area contributed by atoms with Crippen LogP contribution in [0.5, 0.6) is 0 Å². The predicted octanol–water partition coefficient (Wildman–Crippen LogP) is 3.91. The maximum atomic E-state index is 12.8. The summed E-state index contributed by atoms with van der Waals surface area (Å²) >= 11 is 0. The normalized spacial score (nSPS) is 28.8. The summed E-state index contributed by atoms with van der Waals surface area (Å²) in [5.74, 6) is -0.0744. The van der Waals surface area contributed by atoms with E-state index in [0.717, 1.165) is 43.2 Å². The number of rotatable bonds is 2. The van der Waals surface area contributed by atoms with E-state index < -0.39 is 5.92 Å². The van der Waals surface area contributed by atoms with Crippen molar-refractivity contribution in [3.05, 3.63) is 34.4 Å². The molecule has 1 aromatic rings. The Hall–Kier alpha value is -1.44. The maximum Gasteiger partial charge on any atom is 0.151 e. The van der Waals surface area contributed by atoms with Gasteiger partial charge in [-0.05, 0) is 49.8 Å². The lowest BCUT2D eigenvalue weighted by atomic mass is 9.81. The second kappa shape index (κ2) is 5.40. The first-order valence-electron chi connectivity index (χ1n) is 8.22. The van der Waals surface area contributed by atoms with Gasteiger partial charge in [0.25, 0.3) is 0 Å². The summed E-state index contributed by atoms with van der Waals surface area (Å²) in [5, 5.41) is 0. The fraction of sp³-hybridized carbons (Fsp3) is 0.579. The van der Waals surface area contributed by atoms with Gasteiger partial charge in [0.05, 0.1) is 0 Å². The van der Waals surface area contributed by atoms with Crippen molar-refractivity contribution >= 4 is 11.6 Å². The van der Waals surface area contributed by atoms with Crippen LogP contribution in [0.1, 0.15) is 60.8 Å². The molecule has 0 radical (unpaired) electrons. The Morgan fingerprint density at radius 3 is 2.10 bits per heavy atom. The third-order valence-electron chi connectivity index (χ3n) is 5.35. The maximum absolute atomic E-state index is 12.8. The molecule has 0 aromatic heterocycles. The number of aryl methyl sites for hydroxylation is 3. The number of hydrogen-bond acceptors (Lipinski definition) is 2. The number of carbonyl (C=O) groups excluding carboxylic acids is 2. The highest BCUT2D eigenvalue weighted by molar-refractivity contribution is 6.16. The molecular weight excluding hydrogens is 260 g/mol. The Bertz CT molecular complexity index is 576. The molecule has 2 saturated carbocycles. The summed E-state index contributed by atoms with van der Waals surface area (Å²) in [5.41, 5.74) is 4.52. The lowest BCUT2D eigenvalue weighted by Crippen LogP contribution is -2.21. The van der Waals surface area contributed by atoms with Gasteiger partial charge in [-0.2, -0.15) is 0 Å². The first kappa shape index (κ1) is 14.5. The monoisotopic (exact) mass is 284 g/mol. The third-order valence-corrected chi connectivity index (χ3v) is 5.35. The molecule has 112 valence electrons. The minimum absolute atomic E-state index is 0.00154. The molecule has 0 amide bonds. The molecular formula is C19H24O2. The van der Waals surface area contributed by atoms with Crippen LogP contribution in [0.15, 0.2) is 12.1 Å². The molecule has 1 unspecified atom stereocenters. The van der Waals surface area contributed by atoms with Crippen LogP contribution in [0.25, 0.3) is 0 Å². The Kier molecular flexibility index (Phi) is 3.73. The predicted molar refractivity (Wildman–Crippen MR) is 83.5 cm³/mol. The number of Topliss-reactive ketones (excluding diaryl/α,β-unsaturated/α-hetero) is 2. The Morgan fingerprint density at radius 1 is 1.00 bits per heavy atom. The van der Waals surface area contributed by atoms with Crippen LogP contribution in [-0.4, -0.2) is 11.6 Å². The van der Waals surface area contributed by atoms with Gasteiger partial charge in [-0.15, -0.1) is 0 Å². The van der Waals surface area contributed by atoms with Crippen LogP contribution in [0.4, 0.5) is 0 Å². The van der Waals surface area contributed by atoms with Gasteiger partial charge in [0, 0.05) is 11.8 Å². The third kappa shape index (κ3) is 2.25. The highest BCUT2D eigenvalue weighted by Crippen LogP contribution is 2.45. The molecule has 0 aliphatic heterocycles. The van der Waals surface area contributed by atoms with Gasteiger partial charge >= 0.3 is 0 Å². The SMILES string of the molecule is CCc1cc(C)cc(C)c1C1C(=O)[C@H]2CCCC[C@H]2C1=O. The molecule has 3 rings (SSSR count). The minimum Gasteiger partial charge on any atom is -0.298 e. The zero-order chi connectivity index (χ0) is 15.1. The summed E-state index contributed by atoms with van der Waals surface area (Å²) in [6.07, 6.45) is 4.90. The van der Waals surface area contributed by atoms with Crippen molar-refractivity contribution in [3.8, 4) is 0 Å². The molecule has 21 heavy (non-hydrogen) atoms. The molecule has 3 atom stereocenters. The van der Waals surface area contributed by atoms with Crippen LogP contribution >= 0.6 is 0 Å². The number of benzene rings is 1. The Labute approximate surface area is 126 Å². The molecule has 0 bridgehead atoms. The number of ketones is 2. The molecule has 2 nitrogen and oxygen atoms in total. The molecule has 0 spiro atoms. The van der Waals surface area contributed by atoms with Crippen molar-refractivity contribution in [1.29, 1.82) is 0 Å². The van der Waals surface area contributed by atoms with Crippen LogP contribution in [0, 0.1) is 25.7 Å². The van der Waals surface area contributed by atoms with Crippen LogP contribution in [0.2, 0.25) is 0 Å². The number of fused-ring (bicyclic) bond motifs is 1. The largest absolute Gasteiger partial charge is 0.298 e. The summed E-state index contributed by atoms with van der Waals surface area (Å²) < 4.78 is 0. The Morgan fingerprint density at radius 2 is 1.57 bits per heavy atom. The molecule has 0 heterocycles. The van der Waals surface area contributed by atoms with Gasteiger partial charge < -0.3 is 0 Å². The second-order valence-corrected chi connectivity index (χ2v) is 6.74. The highest BCUT2D eigenvalue weighted by atomic mass is 16.2. The quantitative estimate of drug-likeness (QED) is 0.772. The smallest absolute Gasteiger partial charge is 0.151 e. The van der Waals surface area contributed by atoms with Crippen molar-refractivity contribution in [2.45, 2.75) is 58.8 Å². The lowest BCUT2D eigenvalue weighted by molar-refractivity contribution is -0.125. The standard InChI is InChI=1S/C19H24O2/c1-4-13-10-11(2)9-12(3)16(13)17-18(20)14-7-5-6-8-15(14)19(17)21/h9-10,14-15,17H,4-8H2,1-3H3/t14-,15+,17?. The van der Waals surface area contributed by atoms with Gasteiger partial charge in [0.15, 0.2) is 11.6 Å². The van der Waals surface area contributed by atoms with E-state index in [2.05, 4.69) is 26.0 Å². The van der Waals surface area contributed by atoms with E-state index in [1.54, 1.807) is 0 Å². The topological polar surface area (TPSA) is 34.1 Å². The summed E-state index contributed by atoms with van der Waals surface area (Å²) in [4.78, 5) is 25.7. The molecule has 2 aliphatic carbocycles. The van der Waals surface area contributed by atoms with E-state index in [1.165, 1.54) is 11.1 Å². The molecule has 0 saturated heterocycles. The first-order chi connectivity index (χ1) is 10.0. The average Bonchev–Trinajstić information content (AvgIpc) is 2.71. The van der Waals surface area contributed by atoms with Gasteiger partial charge in [-0.3, -0.25) is 9.59 Å². The average molecular weight is 284 g/mol. The van der Waals surface area contributed by atoms with Crippen LogP contribution in [0.3, 0.4) is 0 Å². The van der Waals surface area contributed by atoms with E-state index in [1.807, 2.05) is 6.92 Å². The molecule has 2 fully saturated rings. The summed E-state index contributed by atoms with van der Waals surface area (Å²) in [6.45, 7) is 6.23. The highest BCUT2D eigenvalue weighted by Gasteiger charge is 2.50. The fourth-order valence-electron chi connectivity index (χ4n) is 4.44. The zero-order valence-corrected chi connectivity index (χ0v) is 13.2. The fourth-order valence-corrected chi connectivity index (χ4v) is 4.44. The molecule has 2 aliphatic rings. The summed E-state index contributed by atoms with van der Waals surface area (Å²) in [7, 11) is 0. The van der Waals surface area contributed by atoms with Crippen molar-refractivity contribution in [3.63, 3.8) is 0 Å². The summed E-state index contributed by atoms with van der Waals surface area (Å²) in [6, 6.07) is 4.25. The van der Waals surface area contributed by atoms with Crippen molar-refractivity contribution in [1.82, 2.24) is 0 Å².